The lowest BCUT2D eigenvalue weighted by molar-refractivity contribution is -0.384. The van der Waals surface area contributed by atoms with Gasteiger partial charge < -0.3 is 0 Å². The Morgan fingerprint density at radius 1 is 1.05 bits per heavy atom. The number of nitro benzene ring substituents is 1. The summed E-state index contributed by atoms with van der Waals surface area (Å²) in [4.78, 5) is 10.2. The van der Waals surface area contributed by atoms with Crippen molar-refractivity contribution in [1.29, 1.82) is 0 Å². The summed E-state index contributed by atoms with van der Waals surface area (Å²) < 4.78 is 26.7. The third-order valence-electron chi connectivity index (χ3n) is 3.81. The second kappa shape index (κ2) is 5.51. The van der Waals surface area contributed by atoms with Gasteiger partial charge in [-0.2, -0.15) is 4.31 Å². The van der Waals surface area contributed by atoms with Crippen LogP contribution >= 0.6 is 0 Å². The summed E-state index contributed by atoms with van der Waals surface area (Å²) in [5, 5.41) is 10.6. The van der Waals surface area contributed by atoms with Crippen LogP contribution in [0.3, 0.4) is 0 Å². The monoisotopic (exact) mass is 318 g/mol. The number of nitrogens with zero attached hydrogens (tertiary/aromatic N) is 2. The average molecular weight is 318 g/mol. The normalized spacial score (nSPS) is 18.6. The van der Waals surface area contributed by atoms with Crippen LogP contribution in [0.25, 0.3) is 0 Å². The van der Waals surface area contributed by atoms with Crippen molar-refractivity contribution >= 4 is 15.7 Å². The van der Waals surface area contributed by atoms with Gasteiger partial charge in [0.05, 0.1) is 15.9 Å². The van der Waals surface area contributed by atoms with Gasteiger partial charge in [0.25, 0.3) is 5.69 Å². The first-order valence-electron chi connectivity index (χ1n) is 6.81. The lowest BCUT2D eigenvalue weighted by Gasteiger charge is -2.39. The zero-order chi connectivity index (χ0) is 15.7. The van der Waals surface area contributed by atoms with E-state index in [1.54, 1.807) is 0 Å². The Balaban J connectivity index is 1.88. The molecule has 1 fully saturated rings. The van der Waals surface area contributed by atoms with E-state index >= 15 is 0 Å². The van der Waals surface area contributed by atoms with Crippen molar-refractivity contribution in [2.24, 2.45) is 0 Å². The highest BCUT2D eigenvalue weighted by Crippen LogP contribution is 2.38. The summed E-state index contributed by atoms with van der Waals surface area (Å²) in [6, 6.07) is 14.3. The molecule has 0 radical (unpaired) electrons. The van der Waals surface area contributed by atoms with E-state index in [1.165, 1.54) is 28.6 Å². The molecule has 0 saturated carbocycles. The van der Waals surface area contributed by atoms with Crippen LogP contribution in [-0.4, -0.2) is 24.2 Å². The van der Waals surface area contributed by atoms with Crippen LogP contribution in [0.4, 0.5) is 5.69 Å². The molecule has 6 nitrogen and oxygen atoms in total. The maximum Gasteiger partial charge on any atom is 0.269 e. The predicted octanol–water partition coefficient (Wildman–Crippen LogP) is 2.73. The van der Waals surface area contributed by atoms with Crippen molar-refractivity contribution in [2.45, 2.75) is 17.4 Å². The van der Waals surface area contributed by atoms with Crippen molar-refractivity contribution < 1.29 is 13.3 Å². The molecule has 1 aliphatic heterocycles. The standard InChI is InChI=1S/C15H14N2O4S/c18-17(19)13-6-8-14(9-7-13)22(20,21)16-11-10-15(16)12-4-2-1-3-5-12/h1-9,15H,10-11H2. The number of sulfonamides is 1. The van der Waals surface area contributed by atoms with Gasteiger partial charge in [-0.3, -0.25) is 10.1 Å². The molecule has 1 aliphatic rings. The highest BCUT2D eigenvalue weighted by atomic mass is 32.2. The molecule has 2 aromatic carbocycles. The third-order valence-corrected chi connectivity index (χ3v) is 5.73. The van der Waals surface area contributed by atoms with Gasteiger partial charge in [-0.05, 0) is 24.1 Å². The van der Waals surface area contributed by atoms with Crippen LogP contribution in [0.15, 0.2) is 59.5 Å². The molecular weight excluding hydrogens is 304 g/mol. The van der Waals surface area contributed by atoms with E-state index in [4.69, 9.17) is 0 Å². The molecule has 22 heavy (non-hydrogen) atoms. The average Bonchev–Trinajstić information content (AvgIpc) is 2.47. The molecule has 0 bridgehead atoms. The summed E-state index contributed by atoms with van der Waals surface area (Å²) in [5.74, 6) is 0. The minimum atomic E-state index is -3.63. The topological polar surface area (TPSA) is 80.5 Å². The van der Waals surface area contributed by atoms with Crippen LogP contribution in [0.1, 0.15) is 18.0 Å². The molecule has 0 aliphatic carbocycles. The van der Waals surface area contributed by atoms with E-state index in [1.807, 2.05) is 30.3 Å². The molecule has 0 aromatic heterocycles. The molecule has 3 rings (SSSR count). The van der Waals surface area contributed by atoms with Gasteiger partial charge in [0.2, 0.25) is 10.0 Å². The molecule has 1 heterocycles. The van der Waals surface area contributed by atoms with Gasteiger partial charge in [-0.1, -0.05) is 30.3 Å². The maximum absolute atomic E-state index is 12.6. The lowest BCUT2D eigenvalue weighted by atomic mass is 9.98. The molecule has 1 atom stereocenters. The number of hydrogen-bond acceptors (Lipinski definition) is 4. The largest absolute Gasteiger partial charge is 0.269 e. The van der Waals surface area contributed by atoms with Gasteiger partial charge in [0.1, 0.15) is 0 Å². The number of nitro groups is 1. The predicted molar refractivity (Wildman–Crippen MR) is 80.8 cm³/mol. The number of rotatable bonds is 4. The Morgan fingerprint density at radius 2 is 1.68 bits per heavy atom. The second-order valence-corrected chi connectivity index (χ2v) is 6.97. The molecule has 2 aromatic rings. The Morgan fingerprint density at radius 3 is 2.18 bits per heavy atom. The third kappa shape index (κ3) is 2.49. The summed E-state index contributed by atoms with van der Waals surface area (Å²) >= 11 is 0. The fourth-order valence-corrected chi connectivity index (χ4v) is 4.19. The number of non-ortho nitro benzene ring substituents is 1. The highest BCUT2D eigenvalue weighted by molar-refractivity contribution is 7.89. The molecule has 7 heteroatoms. The van der Waals surface area contributed by atoms with Crippen molar-refractivity contribution in [3.05, 3.63) is 70.3 Å². The minimum absolute atomic E-state index is 0.0822. The van der Waals surface area contributed by atoms with E-state index in [9.17, 15) is 18.5 Å². The first-order valence-corrected chi connectivity index (χ1v) is 8.25. The van der Waals surface area contributed by atoms with Crippen molar-refractivity contribution in [3.8, 4) is 0 Å². The first-order chi connectivity index (χ1) is 10.5. The summed E-state index contributed by atoms with van der Waals surface area (Å²) in [5.41, 5.74) is 0.835. The van der Waals surface area contributed by atoms with Crippen LogP contribution < -0.4 is 0 Å². The molecule has 1 unspecified atom stereocenters. The van der Waals surface area contributed by atoms with Crippen molar-refractivity contribution in [2.75, 3.05) is 6.54 Å². The first kappa shape index (κ1) is 14.7. The van der Waals surface area contributed by atoms with Gasteiger partial charge in [-0.15, -0.1) is 0 Å². The lowest BCUT2D eigenvalue weighted by Crippen LogP contribution is -2.44. The Hall–Kier alpha value is -2.25. The zero-order valence-corrected chi connectivity index (χ0v) is 12.4. The quantitative estimate of drug-likeness (QED) is 0.641. The van der Waals surface area contributed by atoms with Crippen LogP contribution in [0.2, 0.25) is 0 Å². The van der Waals surface area contributed by atoms with Gasteiger partial charge in [0, 0.05) is 18.7 Å². The molecule has 0 spiro atoms. The van der Waals surface area contributed by atoms with Crippen LogP contribution in [0, 0.1) is 10.1 Å². The number of hydrogen-bond donors (Lipinski definition) is 0. The van der Waals surface area contributed by atoms with Gasteiger partial charge in [0.15, 0.2) is 0 Å². The van der Waals surface area contributed by atoms with Gasteiger partial charge in [-0.25, -0.2) is 8.42 Å². The van der Waals surface area contributed by atoms with E-state index in [0.29, 0.717) is 6.54 Å². The summed E-state index contributed by atoms with van der Waals surface area (Å²) in [6.45, 7) is 0.457. The highest BCUT2D eigenvalue weighted by Gasteiger charge is 2.39. The SMILES string of the molecule is O=[N+]([O-])c1ccc(S(=O)(=O)N2CCC2c2ccccc2)cc1. The molecule has 0 N–H and O–H groups in total. The Labute approximate surface area is 128 Å². The fourth-order valence-electron chi connectivity index (χ4n) is 2.53. The fraction of sp³-hybridized carbons (Fsp3) is 0.200. The minimum Gasteiger partial charge on any atom is -0.258 e. The molecule has 0 amide bonds. The summed E-state index contributed by atoms with van der Waals surface area (Å²) in [7, 11) is -3.63. The van der Waals surface area contributed by atoms with Gasteiger partial charge >= 0.3 is 0 Å². The maximum atomic E-state index is 12.6. The van der Waals surface area contributed by atoms with Crippen LogP contribution in [0.5, 0.6) is 0 Å². The summed E-state index contributed by atoms with van der Waals surface area (Å²) in [6.07, 6.45) is 0.774. The Kier molecular flexibility index (Phi) is 3.67. The van der Waals surface area contributed by atoms with E-state index in [0.717, 1.165) is 12.0 Å². The second-order valence-electron chi connectivity index (χ2n) is 5.08. The molecular formula is C15H14N2O4S. The van der Waals surface area contributed by atoms with Crippen molar-refractivity contribution in [1.82, 2.24) is 4.31 Å². The van der Waals surface area contributed by atoms with Crippen LogP contribution in [-0.2, 0) is 10.0 Å². The molecule has 114 valence electrons. The van der Waals surface area contributed by atoms with Crippen molar-refractivity contribution in [3.63, 3.8) is 0 Å². The van der Waals surface area contributed by atoms with E-state index in [2.05, 4.69) is 0 Å². The van der Waals surface area contributed by atoms with E-state index < -0.39 is 14.9 Å². The zero-order valence-electron chi connectivity index (χ0n) is 11.6. The Bertz CT molecular complexity index is 788. The smallest absolute Gasteiger partial charge is 0.258 e. The molecule has 1 saturated heterocycles. The number of benzene rings is 2. The van der Waals surface area contributed by atoms with E-state index in [-0.39, 0.29) is 16.6 Å².